The highest BCUT2D eigenvalue weighted by Crippen LogP contribution is 2.14. The average Bonchev–Trinajstić information content (AvgIpc) is 3.11. The number of nitrogens with one attached hydrogen (secondary N) is 2. The number of benzene rings is 1. The maximum atomic E-state index is 5.67. The van der Waals surface area contributed by atoms with Gasteiger partial charge in [-0.05, 0) is 43.2 Å². The fourth-order valence-electron chi connectivity index (χ4n) is 2.29. The van der Waals surface area contributed by atoms with E-state index in [1.54, 1.807) is 0 Å². The zero-order valence-electron chi connectivity index (χ0n) is 14.7. The summed E-state index contributed by atoms with van der Waals surface area (Å²) >= 11 is 0. The van der Waals surface area contributed by atoms with E-state index in [0.717, 1.165) is 49.9 Å². The van der Waals surface area contributed by atoms with Crippen LogP contribution in [-0.4, -0.2) is 30.2 Å². The summed E-state index contributed by atoms with van der Waals surface area (Å²) in [5.41, 5.74) is 1.14. The third-order valence-electron chi connectivity index (χ3n) is 3.46. The molecule has 5 nitrogen and oxygen atoms in total. The molecule has 2 aromatic rings. The van der Waals surface area contributed by atoms with Crippen LogP contribution in [0.2, 0.25) is 0 Å². The Kier molecular flexibility index (Phi) is 7.74. The summed E-state index contributed by atoms with van der Waals surface area (Å²) in [7, 11) is 0. The van der Waals surface area contributed by atoms with Crippen molar-refractivity contribution in [1.29, 1.82) is 0 Å². The summed E-state index contributed by atoms with van der Waals surface area (Å²) in [6.45, 7) is 8.14. The first-order valence-corrected chi connectivity index (χ1v) is 8.66. The van der Waals surface area contributed by atoms with Crippen molar-refractivity contribution < 1.29 is 4.74 Å². The van der Waals surface area contributed by atoms with E-state index >= 15 is 0 Å². The fourth-order valence-corrected chi connectivity index (χ4v) is 2.29. The number of nitrogens with zero attached hydrogens (tertiary/aromatic N) is 2. The summed E-state index contributed by atoms with van der Waals surface area (Å²) < 4.78 is 7.82. The molecule has 5 heteroatoms. The first kappa shape index (κ1) is 17.9. The lowest BCUT2D eigenvalue weighted by molar-refractivity contribution is 0.317. The van der Waals surface area contributed by atoms with E-state index in [2.05, 4.69) is 58.6 Å². The highest BCUT2D eigenvalue weighted by Gasteiger charge is 1.99. The molecular weight excluding hydrogens is 300 g/mol. The Balaban J connectivity index is 1.87. The Morgan fingerprint density at radius 3 is 2.71 bits per heavy atom. The molecule has 0 aliphatic rings. The van der Waals surface area contributed by atoms with Crippen molar-refractivity contribution in [3.63, 3.8) is 0 Å². The number of aromatic nitrogens is 1. The topological polar surface area (TPSA) is 50.6 Å². The van der Waals surface area contributed by atoms with Gasteiger partial charge in [-0.15, -0.1) is 0 Å². The largest absolute Gasteiger partial charge is 0.494 e. The molecular formula is C19H28N4O. The average molecular weight is 328 g/mol. The Hall–Kier alpha value is -2.43. The highest BCUT2D eigenvalue weighted by molar-refractivity contribution is 5.79. The second-order valence-corrected chi connectivity index (χ2v) is 5.54. The molecule has 1 heterocycles. The molecule has 0 atom stereocenters. The van der Waals surface area contributed by atoms with Crippen molar-refractivity contribution in [1.82, 2.24) is 15.2 Å². The highest BCUT2D eigenvalue weighted by atomic mass is 16.5. The predicted molar refractivity (Wildman–Crippen MR) is 99.5 cm³/mol. The van der Waals surface area contributed by atoms with Gasteiger partial charge in [0.25, 0.3) is 0 Å². The van der Waals surface area contributed by atoms with E-state index in [1.807, 2.05) is 24.3 Å². The van der Waals surface area contributed by atoms with Gasteiger partial charge in [0, 0.05) is 32.0 Å². The van der Waals surface area contributed by atoms with E-state index in [4.69, 9.17) is 4.74 Å². The number of hydrogen-bond acceptors (Lipinski definition) is 2. The molecule has 2 rings (SSSR count). The van der Waals surface area contributed by atoms with Crippen molar-refractivity contribution in [2.75, 3.05) is 19.7 Å². The van der Waals surface area contributed by atoms with Gasteiger partial charge in [0.15, 0.2) is 5.96 Å². The standard InChI is InChI=1S/C19H28N4O/c1-3-14-24-18-9-7-8-17(15-18)16-22-19(20-4-2)21-10-13-23-11-5-6-12-23/h5-9,11-12,15H,3-4,10,13-14,16H2,1-2H3,(H2,20,21,22). The monoisotopic (exact) mass is 328 g/mol. The van der Waals surface area contributed by atoms with Crippen molar-refractivity contribution >= 4 is 5.96 Å². The minimum Gasteiger partial charge on any atom is -0.494 e. The summed E-state index contributed by atoms with van der Waals surface area (Å²) in [4.78, 5) is 4.65. The molecule has 0 fully saturated rings. The van der Waals surface area contributed by atoms with Crippen LogP contribution in [-0.2, 0) is 13.1 Å². The minimum atomic E-state index is 0.627. The Morgan fingerprint density at radius 2 is 1.96 bits per heavy atom. The van der Waals surface area contributed by atoms with Crippen LogP contribution < -0.4 is 15.4 Å². The molecule has 1 aromatic carbocycles. The van der Waals surface area contributed by atoms with E-state index in [-0.39, 0.29) is 0 Å². The SMILES string of the molecule is CCCOc1cccc(CN=C(NCC)NCCn2cccc2)c1. The van der Waals surface area contributed by atoms with Crippen LogP contribution in [0.25, 0.3) is 0 Å². The third-order valence-corrected chi connectivity index (χ3v) is 3.46. The minimum absolute atomic E-state index is 0.627. The molecule has 130 valence electrons. The van der Waals surface area contributed by atoms with Crippen LogP contribution >= 0.6 is 0 Å². The zero-order chi connectivity index (χ0) is 17.0. The molecule has 0 radical (unpaired) electrons. The molecule has 2 N–H and O–H groups in total. The van der Waals surface area contributed by atoms with Gasteiger partial charge >= 0.3 is 0 Å². The number of hydrogen-bond donors (Lipinski definition) is 2. The van der Waals surface area contributed by atoms with Gasteiger partial charge in [0.2, 0.25) is 0 Å². The molecule has 0 amide bonds. The molecule has 0 unspecified atom stereocenters. The maximum Gasteiger partial charge on any atom is 0.191 e. The third kappa shape index (κ3) is 6.36. The van der Waals surface area contributed by atoms with Crippen molar-refractivity contribution in [2.24, 2.45) is 4.99 Å². The summed E-state index contributed by atoms with van der Waals surface area (Å²) in [5.74, 6) is 1.75. The molecule has 0 spiro atoms. The molecule has 0 aliphatic carbocycles. The van der Waals surface area contributed by atoms with Crippen LogP contribution in [0.4, 0.5) is 0 Å². The van der Waals surface area contributed by atoms with Gasteiger partial charge in [-0.3, -0.25) is 0 Å². The Bertz CT molecular complexity index is 608. The lowest BCUT2D eigenvalue weighted by Crippen LogP contribution is -2.38. The van der Waals surface area contributed by atoms with Crippen LogP contribution in [0.3, 0.4) is 0 Å². The lowest BCUT2D eigenvalue weighted by atomic mass is 10.2. The van der Waals surface area contributed by atoms with E-state index < -0.39 is 0 Å². The summed E-state index contributed by atoms with van der Waals surface area (Å²) in [6.07, 6.45) is 5.14. The lowest BCUT2D eigenvalue weighted by Gasteiger charge is -2.12. The van der Waals surface area contributed by atoms with E-state index in [9.17, 15) is 0 Å². The van der Waals surface area contributed by atoms with Gasteiger partial charge < -0.3 is 19.9 Å². The summed E-state index contributed by atoms with van der Waals surface area (Å²) in [5, 5.41) is 6.65. The normalized spacial score (nSPS) is 11.3. The van der Waals surface area contributed by atoms with Crippen LogP contribution in [0.5, 0.6) is 5.75 Å². The fraction of sp³-hybridized carbons (Fsp3) is 0.421. The number of rotatable bonds is 9. The molecule has 0 bridgehead atoms. The molecule has 1 aromatic heterocycles. The van der Waals surface area contributed by atoms with Crippen LogP contribution in [0.15, 0.2) is 53.8 Å². The van der Waals surface area contributed by atoms with E-state index in [0.29, 0.717) is 6.54 Å². The Labute approximate surface area is 144 Å². The first-order chi connectivity index (χ1) is 11.8. The van der Waals surface area contributed by atoms with Crippen molar-refractivity contribution in [2.45, 2.75) is 33.4 Å². The number of ether oxygens (including phenoxy) is 1. The van der Waals surface area contributed by atoms with Gasteiger partial charge in [-0.1, -0.05) is 19.1 Å². The van der Waals surface area contributed by atoms with Gasteiger partial charge in [0.1, 0.15) is 5.75 Å². The number of guanidine groups is 1. The predicted octanol–water partition coefficient (Wildman–Crippen LogP) is 3.03. The molecule has 24 heavy (non-hydrogen) atoms. The first-order valence-electron chi connectivity index (χ1n) is 8.66. The van der Waals surface area contributed by atoms with Gasteiger partial charge in [-0.2, -0.15) is 0 Å². The molecule has 0 aliphatic heterocycles. The van der Waals surface area contributed by atoms with Gasteiger partial charge in [-0.25, -0.2) is 4.99 Å². The molecule has 0 saturated heterocycles. The second-order valence-electron chi connectivity index (χ2n) is 5.54. The zero-order valence-corrected chi connectivity index (χ0v) is 14.7. The Morgan fingerprint density at radius 1 is 1.12 bits per heavy atom. The van der Waals surface area contributed by atoms with Crippen LogP contribution in [0, 0.1) is 0 Å². The number of aliphatic imine (C=N–C) groups is 1. The second kappa shape index (κ2) is 10.4. The molecule has 0 saturated carbocycles. The maximum absolute atomic E-state index is 5.67. The van der Waals surface area contributed by atoms with Crippen molar-refractivity contribution in [3.05, 3.63) is 54.4 Å². The quantitative estimate of drug-likeness (QED) is 0.549. The van der Waals surface area contributed by atoms with E-state index in [1.165, 1.54) is 0 Å². The van der Waals surface area contributed by atoms with Gasteiger partial charge in [0.05, 0.1) is 13.2 Å². The van der Waals surface area contributed by atoms with Crippen molar-refractivity contribution in [3.8, 4) is 5.75 Å². The van der Waals surface area contributed by atoms with Crippen LogP contribution in [0.1, 0.15) is 25.8 Å². The smallest absolute Gasteiger partial charge is 0.191 e. The summed E-state index contributed by atoms with van der Waals surface area (Å²) in [6, 6.07) is 12.2.